The van der Waals surface area contributed by atoms with Gasteiger partial charge in [-0.05, 0) is 57.0 Å². The molecule has 0 bridgehead atoms. The molecule has 0 aliphatic carbocycles. The lowest BCUT2D eigenvalue weighted by Gasteiger charge is -2.32. The van der Waals surface area contributed by atoms with Crippen molar-refractivity contribution >= 4 is 35.0 Å². The highest BCUT2D eigenvalue weighted by Crippen LogP contribution is 2.38. The monoisotopic (exact) mass is 302 g/mol. The topological polar surface area (TPSA) is 18.5 Å². The lowest BCUT2D eigenvalue weighted by atomic mass is 9.75. The highest BCUT2D eigenvalue weighted by Gasteiger charge is 2.52. The summed E-state index contributed by atoms with van der Waals surface area (Å²) in [5.41, 5.74) is 1.24. The Morgan fingerprint density at radius 3 is 2.19 bits per heavy atom. The van der Waals surface area contributed by atoms with Crippen molar-refractivity contribution < 1.29 is 9.31 Å². The fourth-order valence-electron chi connectivity index (χ4n) is 2.69. The summed E-state index contributed by atoms with van der Waals surface area (Å²) in [6.07, 6.45) is 0. The normalized spacial score (nSPS) is 20.2. The Balaban J connectivity index is 2.20. The van der Waals surface area contributed by atoms with E-state index in [2.05, 4.69) is 45.9 Å². The van der Waals surface area contributed by atoms with Gasteiger partial charge in [0.15, 0.2) is 0 Å². The SMILES string of the molecule is Cc1cc2ccccc2c(B2OC(C)(C)C(C)(C)O2)c1Cl. The van der Waals surface area contributed by atoms with Crippen molar-refractivity contribution in [3.8, 4) is 0 Å². The zero-order chi connectivity index (χ0) is 15.4. The highest BCUT2D eigenvalue weighted by atomic mass is 35.5. The fraction of sp³-hybridized carbons (Fsp3) is 0.412. The molecule has 2 aromatic rings. The Labute approximate surface area is 131 Å². The average Bonchev–Trinajstić information content (AvgIpc) is 2.59. The first-order valence-electron chi connectivity index (χ1n) is 7.26. The summed E-state index contributed by atoms with van der Waals surface area (Å²) in [7, 11) is -0.438. The zero-order valence-electron chi connectivity index (χ0n) is 13.2. The number of halogens is 1. The summed E-state index contributed by atoms with van der Waals surface area (Å²) < 4.78 is 12.4. The van der Waals surface area contributed by atoms with Crippen LogP contribution < -0.4 is 5.46 Å². The minimum atomic E-state index is -0.438. The third kappa shape index (κ3) is 2.28. The largest absolute Gasteiger partial charge is 0.497 e. The van der Waals surface area contributed by atoms with Gasteiger partial charge in [0.2, 0.25) is 0 Å². The highest BCUT2D eigenvalue weighted by molar-refractivity contribution is 6.68. The summed E-state index contributed by atoms with van der Waals surface area (Å²) in [6, 6.07) is 10.3. The molecule has 2 aromatic carbocycles. The quantitative estimate of drug-likeness (QED) is 0.738. The molecule has 110 valence electrons. The van der Waals surface area contributed by atoms with Crippen LogP contribution in [0.15, 0.2) is 30.3 Å². The lowest BCUT2D eigenvalue weighted by Crippen LogP contribution is -2.41. The van der Waals surface area contributed by atoms with E-state index >= 15 is 0 Å². The third-order valence-electron chi connectivity index (χ3n) is 4.69. The van der Waals surface area contributed by atoms with Gasteiger partial charge >= 0.3 is 7.12 Å². The third-order valence-corrected chi connectivity index (χ3v) is 5.20. The number of hydrogen-bond acceptors (Lipinski definition) is 2. The van der Waals surface area contributed by atoms with E-state index in [1.807, 2.05) is 19.1 Å². The molecule has 0 N–H and O–H groups in total. The van der Waals surface area contributed by atoms with Gasteiger partial charge in [-0.15, -0.1) is 0 Å². The van der Waals surface area contributed by atoms with Gasteiger partial charge in [0.1, 0.15) is 0 Å². The van der Waals surface area contributed by atoms with Crippen LogP contribution in [0, 0.1) is 6.92 Å². The van der Waals surface area contributed by atoms with Crippen molar-refractivity contribution in [2.24, 2.45) is 0 Å². The first-order chi connectivity index (χ1) is 9.73. The predicted octanol–water partition coefficient (Wildman–Crippen LogP) is 4.10. The Morgan fingerprint density at radius 1 is 1.00 bits per heavy atom. The van der Waals surface area contributed by atoms with E-state index in [0.717, 1.165) is 26.8 Å². The summed E-state index contributed by atoms with van der Waals surface area (Å²) in [6.45, 7) is 10.2. The molecule has 0 aromatic heterocycles. The smallest absolute Gasteiger partial charge is 0.399 e. The van der Waals surface area contributed by atoms with E-state index in [0.29, 0.717) is 0 Å². The molecule has 1 aliphatic rings. The molecule has 1 saturated heterocycles. The first-order valence-corrected chi connectivity index (χ1v) is 7.64. The van der Waals surface area contributed by atoms with Gasteiger partial charge in [0, 0.05) is 10.5 Å². The van der Waals surface area contributed by atoms with E-state index in [4.69, 9.17) is 20.9 Å². The zero-order valence-corrected chi connectivity index (χ0v) is 13.9. The van der Waals surface area contributed by atoms with Crippen molar-refractivity contribution in [2.75, 3.05) is 0 Å². The second-order valence-electron chi connectivity index (χ2n) is 6.73. The molecule has 1 heterocycles. The second kappa shape index (κ2) is 4.74. The molecule has 0 saturated carbocycles. The van der Waals surface area contributed by atoms with Gasteiger partial charge in [-0.2, -0.15) is 0 Å². The maximum atomic E-state index is 6.58. The predicted molar refractivity (Wildman–Crippen MR) is 89.4 cm³/mol. The standard InChI is InChI=1S/C17H20BClO2/c1-11-10-12-8-6-7-9-13(12)14(15(11)19)18-20-16(2,3)17(4,5)21-18/h6-10H,1-5H3. The van der Waals surface area contributed by atoms with Gasteiger partial charge in [-0.1, -0.05) is 35.9 Å². The number of hydrogen-bond donors (Lipinski definition) is 0. The van der Waals surface area contributed by atoms with Crippen molar-refractivity contribution in [3.05, 3.63) is 40.9 Å². The van der Waals surface area contributed by atoms with Gasteiger partial charge < -0.3 is 9.31 Å². The molecule has 21 heavy (non-hydrogen) atoms. The molecule has 0 atom stereocenters. The van der Waals surface area contributed by atoms with Crippen LogP contribution in [0.25, 0.3) is 10.8 Å². The van der Waals surface area contributed by atoms with Gasteiger partial charge in [0.25, 0.3) is 0 Å². The van der Waals surface area contributed by atoms with Crippen LogP contribution in [0.3, 0.4) is 0 Å². The first kappa shape index (κ1) is 14.9. The van der Waals surface area contributed by atoms with E-state index in [9.17, 15) is 0 Å². The fourth-order valence-corrected chi connectivity index (χ4v) is 2.93. The van der Waals surface area contributed by atoms with Crippen LogP contribution in [0.5, 0.6) is 0 Å². The Kier molecular flexibility index (Phi) is 3.36. The maximum Gasteiger partial charge on any atom is 0.497 e. The molecule has 4 heteroatoms. The van der Waals surface area contributed by atoms with E-state index in [1.165, 1.54) is 0 Å². The molecule has 2 nitrogen and oxygen atoms in total. The summed E-state index contributed by atoms with van der Waals surface area (Å²) in [5.74, 6) is 0. The van der Waals surface area contributed by atoms with Crippen LogP contribution in [-0.2, 0) is 9.31 Å². The minimum Gasteiger partial charge on any atom is -0.399 e. The molecule has 0 radical (unpaired) electrons. The molecule has 3 rings (SSSR count). The van der Waals surface area contributed by atoms with Crippen LogP contribution in [0.4, 0.5) is 0 Å². The summed E-state index contributed by atoms with van der Waals surface area (Å²) in [4.78, 5) is 0. The molecular formula is C17H20BClO2. The van der Waals surface area contributed by atoms with Gasteiger partial charge in [0.05, 0.1) is 11.2 Å². The number of aryl methyl sites for hydroxylation is 1. The van der Waals surface area contributed by atoms with Crippen LogP contribution >= 0.6 is 11.6 Å². The minimum absolute atomic E-state index is 0.369. The lowest BCUT2D eigenvalue weighted by molar-refractivity contribution is 0.00578. The van der Waals surface area contributed by atoms with Gasteiger partial charge in [-0.3, -0.25) is 0 Å². The average molecular weight is 303 g/mol. The molecule has 0 spiro atoms. The molecular weight excluding hydrogens is 282 g/mol. The number of fused-ring (bicyclic) bond motifs is 1. The Bertz CT molecular complexity index is 693. The molecule has 1 aliphatic heterocycles. The van der Waals surface area contributed by atoms with E-state index in [-0.39, 0.29) is 11.2 Å². The summed E-state index contributed by atoms with van der Waals surface area (Å²) in [5, 5.41) is 2.97. The number of rotatable bonds is 1. The molecule has 0 unspecified atom stereocenters. The second-order valence-corrected chi connectivity index (χ2v) is 7.11. The Morgan fingerprint density at radius 2 is 1.57 bits per heavy atom. The van der Waals surface area contributed by atoms with Crippen LogP contribution in [-0.4, -0.2) is 18.3 Å². The van der Waals surface area contributed by atoms with Crippen molar-refractivity contribution in [1.29, 1.82) is 0 Å². The van der Waals surface area contributed by atoms with E-state index < -0.39 is 7.12 Å². The molecule has 1 fully saturated rings. The number of benzene rings is 2. The summed E-state index contributed by atoms with van der Waals surface area (Å²) >= 11 is 6.58. The van der Waals surface area contributed by atoms with Crippen LogP contribution in [0.1, 0.15) is 33.3 Å². The van der Waals surface area contributed by atoms with Crippen LogP contribution in [0.2, 0.25) is 5.02 Å². The van der Waals surface area contributed by atoms with Crippen molar-refractivity contribution in [2.45, 2.75) is 45.8 Å². The maximum absolute atomic E-state index is 6.58. The van der Waals surface area contributed by atoms with Crippen molar-refractivity contribution in [3.63, 3.8) is 0 Å². The van der Waals surface area contributed by atoms with Gasteiger partial charge in [-0.25, -0.2) is 0 Å². The Hall–Kier alpha value is -1.03. The molecule has 0 amide bonds. The van der Waals surface area contributed by atoms with E-state index in [1.54, 1.807) is 0 Å². The van der Waals surface area contributed by atoms with Crippen molar-refractivity contribution in [1.82, 2.24) is 0 Å².